The highest BCUT2D eigenvalue weighted by Crippen LogP contribution is 2.19. The zero-order valence-electron chi connectivity index (χ0n) is 11.4. The van der Waals surface area contributed by atoms with E-state index in [2.05, 4.69) is 21.2 Å². The molecule has 0 bridgehead atoms. The SMILES string of the molecule is OC(CNc1ccc(F)c(Br)c1)COCc1ccccc1. The van der Waals surface area contributed by atoms with Gasteiger partial charge in [0.1, 0.15) is 5.82 Å². The molecule has 2 aromatic carbocycles. The van der Waals surface area contributed by atoms with Gasteiger partial charge in [-0.15, -0.1) is 0 Å². The summed E-state index contributed by atoms with van der Waals surface area (Å²) in [5.74, 6) is -0.313. The van der Waals surface area contributed by atoms with Crippen LogP contribution in [0.3, 0.4) is 0 Å². The average Bonchev–Trinajstić information content (AvgIpc) is 2.49. The van der Waals surface area contributed by atoms with E-state index in [0.717, 1.165) is 11.3 Å². The highest BCUT2D eigenvalue weighted by molar-refractivity contribution is 9.10. The van der Waals surface area contributed by atoms with E-state index in [1.165, 1.54) is 6.07 Å². The van der Waals surface area contributed by atoms with Gasteiger partial charge in [-0.05, 0) is 39.7 Å². The smallest absolute Gasteiger partial charge is 0.137 e. The number of rotatable bonds is 7. The Morgan fingerprint density at radius 2 is 1.95 bits per heavy atom. The van der Waals surface area contributed by atoms with Gasteiger partial charge >= 0.3 is 0 Å². The number of nitrogens with one attached hydrogen (secondary N) is 1. The van der Waals surface area contributed by atoms with Gasteiger partial charge in [-0.1, -0.05) is 30.3 Å². The lowest BCUT2D eigenvalue weighted by Gasteiger charge is -2.13. The fraction of sp³-hybridized carbons (Fsp3) is 0.250. The van der Waals surface area contributed by atoms with Gasteiger partial charge in [-0.3, -0.25) is 0 Å². The predicted octanol–water partition coefficient (Wildman–Crippen LogP) is 3.58. The number of aliphatic hydroxyl groups is 1. The van der Waals surface area contributed by atoms with E-state index in [9.17, 15) is 9.50 Å². The van der Waals surface area contributed by atoms with Crippen molar-refractivity contribution >= 4 is 21.6 Å². The second-order valence-electron chi connectivity index (χ2n) is 4.66. The van der Waals surface area contributed by atoms with Crippen molar-refractivity contribution in [3.8, 4) is 0 Å². The zero-order chi connectivity index (χ0) is 15.1. The summed E-state index contributed by atoms with van der Waals surface area (Å²) in [5, 5.41) is 12.9. The van der Waals surface area contributed by atoms with E-state index >= 15 is 0 Å². The molecule has 0 saturated carbocycles. The number of aliphatic hydroxyl groups excluding tert-OH is 1. The third-order valence-electron chi connectivity index (χ3n) is 2.88. The molecule has 2 N–H and O–H groups in total. The second kappa shape index (κ2) is 8.12. The molecule has 0 radical (unpaired) electrons. The molecule has 0 fully saturated rings. The van der Waals surface area contributed by atoms with Crippen molar-refractivity contribution in [2.45, 2.75) is 12.7 Å². The Bertz CT molecular complexity index is 565. The number of hydrogen-bond donors (Lipinski definition) is 2. The quantitative estimate of drug-likeness (QED) is 0.799. The molecule has 5 heteroatoms. The third-order valence-corrected chi connectivity index (χ3v) is 3.49. The Balaban J connectivity index is 1.69. The summed E-state index contributed by atoms with van der Waals surface area (Å²) in [7, 11) is 0. The lowest BCUT2D eigenvalue weighted by molar-refractivity contribution is 0.0348. The zero-order valence-corrected chi connectivity index (χ0v) is 13.0. The Labute approximate surface area is 131 Å². The first-order valence-electron chi connectivity index (χ1n) is 6.64. The predicted molar refractivity (Wildman–Crippen MR) is 84.7 cm³/mol. The third kappa shape index (κ3) is 5.46. The number of hydrogen-bond acceptors (Lipinski definition) is 3. The van der Waals surface area contributed by atoms with Crippen LogP contribution in [0.2, 0.25) is 0 Å². The molecule has 0 aliphatic heterocycles. The minimum absolute atomic E-state index is 0.240. The van der Waals surface area contributed by atoms with E-state index in [0.29, 0.717) is 17.6 Å². The maximum atomic E-state index is 13.1. The minimum atomic E-state index is -0.627. The van der Waals surface area contributed by atoms with E-state index in [-0.39, 0.29) is 12.4 Å². The second-order valence-corrected chi connectivity index (χ2v) is 5.52. The van der Waals surface area contributed by atoms with E-state index in [1.54, 1.807) is 12.1 Å². The van der Waals surface area contributed by atoms with Crippen LogP contribution in [0.4, 0.5) is 10.1 Å². The van der Waals surface area contributed by atoms with Gasteiger partial charge in [-0.2, -0.15) is 0 Å². The summed E-state index contributed by atoms with van der Waals surface area (Å²) >= 11 is 3.12. The van der Waals surface area contributed by atoms with Crippen molar-refractivity contribution in [1.82, 2.24) is 0 Å². The van der Waals surface area contributed by atoms with Gasteiger partial charge in [0, 0.05) is 12.2 Å². The average molecular weight is 354 g/mol. The van der Waals surface area contributed by atoms with Gasteiger partial charge in [-0.25, -0.2) is 4.39 Å². The Hall–Kier alpha value is -1.43. The summed E-state index contributed by atoms with van der Waals surface area (Å²) in [5.41, 5.74) is 1.81. The molecule has 0 heterocycles. The van der Waals surface area contributed by atoms with Crippen molar-refractivity contribution in [3.05, 3.63) is 64.4 Å². The van der Waals surface area contributed by atoms with Crippen molar-refractivity contribution in [3.63, 3.8) is 0 Å². The topological polar surface area (TPSA) is 41.5 Å². The largest absolute Gasteiger partial charge is 0.389 e. The van der Waals surface area contributed by atoms with Crippen LogP contribution in [0.15, 0.2) is 53.0 Å². The summed E-state index contributed by atoms with van der Waals surface area (Å²) in [6.45, 7) is 1.05. The van der Waals surface area contributed by atoms with E-state index < -0.39 is 6.10 Å². The van der Waals surface area contributed by atoms with Crippen LogP contribution in [0.1, 0.15) is 5.56 Å². The molecule has 21 heavy (non-hydrogen) atoms. The molecular formula is C16H17BrFNO2. The molecule has 3 nitrogen and oxygen atoms in total. The van der Waals surface area contributed by atoms with Crippen LogP contribution in [0.25, 0.3) is 0 Å². The van der Waals surface area contributed by atoms with Crippen molar-refractivity contribution < 1.29 is 14.2 Å². The van der Waals surface area contributed by atoms with Crippen molar-refractivity contribution in [2.24, 2.45) is 0 Å². The number of anilines is 1. The van der Waals surface area contributed by atoms with Gasteiger partial charge < -0.3 is 15.2 Å². The standard InChI is InChI=1S/C16H17BrFNO2/c17-15-8-13(6-7-16(15)18)19-9-14(20)11-21-10-12-4-2-1-3-5-12/h1-8,14,19-20H,9-11H2. The van der Waals surface area contributed by atoms with Crippen LogP contribution in [-0.4, -0.2) is 24.4 Å². The number of benzene rings is 2. The summed E-state index contributed by atoms with van der Waals surface area (Å²) < 4.78 is 18.9. The Morgan fingerprint density at radius 1 is 1.19 bits per heavy atom. The van der Waals surface area contributed by atoms with Crippen LogP contribution in [0.5, 0.6) is 0 Å². The molecule has 0 amide bonds. The highest BCUT2D eigenvalue weighted by atomic mass is 79.9. The van der Waals surface area contributed by atoms with Crippen LogP contribution in [0, 0.1) is 5.82 Å². The molecule has 0 aliphatic carbocycles. The van der Waals surface area contributed by atoms with Crippen LogP contribution in [-0.2, 0) is 11.3 Å². The van der Waals surface area contributed by atoms with Crippen molar-refractivity contribution in [1.29, 1.82) is 0 Å². The van der Waals surface area contributed by atoms with Crippen LogP contribution >= 0.6 is 15.9 Å². The monoisotopic (exact) mass is 353 g/mol. The first-order chi connectivity index (χ1) is 10.1. The fourth-order valence-electron chi connectivity index (χ4n) is 1.79. The number of halogens is 2. The maximum Gasteiger partial charge on any atom is 0.137 e. The molecule has 2 aromatic rings. The Kier molecular flexibility index (Phi) is 6.17. The Morgan fingerprint density at radius 3 is 2.67 bits per heavy atom. The van der Waals surface area contributed by atoms with Gasteiger partial charge in [0.2, 0.25) is 0 Å². The van der Waals surface area contributed by atoms with Gasteiger partial charge in [0.25, 0.3) is 0 Å². The van der Waals surface area contributed by atoms with Crippen LogP contribution < -0.4 is 5.32 Å². The number of ether oxygens (including phenoxy) is 1. The van der Waals surface area contributed by atoms with Crippen molar-refractivity contribution in [2.75, 3.05) is 18.5 Å². The lowest BCUT2D eigenvalue weighted by Crippen LogP contribution is -2.24. The molecule has 0 aliphatic rings. The lowest BCUT2D eigenvalue weighted by atomic mass is 10.2. The first kappa shape index (κ1) is 15.9. The first-order valence-corrected chi connectivity index (χ1v) is 7.43. The van der Waals surface area contributed by atoms with Gasteiger partial charge in [0.15, 0.2) is 0 Å². The normalized spacial score (nSPS) is 12.1. The summed E-state index contributed by atoms with van der Waals surface area (Å²) in [6.07, 6.45) is -0.627. The van der Waals surface area contributed by atoms with E-state index in [4.69, 9.17) is 4.74 Å². The molecular weight excluding hydrogens is 337 g/mol. The molecule has 2 rings (SSSR count). The molecule has 112 valence electrons. The molecule has 1 unspecified atom stereocenters. The summed E-state index contributed by atoms with van der Waals surface area (Å²) in [4.78, 5) is 0. The van der Waals surface area contributed by atoms with E-state index in [1.807, 2.05) is 30.3 Å². The molecule has 0 aromatic heterocycles. The molecule has 0 spiro atoms. The minimum Gasteiger partial charge on any atom is -0.389 e. The molecule has 1 atom stereocenters. The highest BCUT2D eigenvalue weighted by Gasteiger charge is 2.06. The molecule has 0 saturated heterocycles. The van der Waals surface area contributed by atoms with Gasteiger partial charge in [0.05, 0.1) is 23.8 Å². The fourth-order valence-corrected chi connectivity index (χ4v) is 2.17. The maximum absolute atomic E-state index is 13.1. The summed E-state index contributed by atoms with van der Waals surface area (Å²) in [6, 6.07) is 14.4.